The van der Waals surface area contributed by atoms with E-state index in [4.69, 9.17) is 19.6 Å². The summed E-state index contributed by atoms with van der Waals surface area (Å²) in [6.45, 7) is 6.19. The molecule has 0 saturated carbocycles. The topological polar surface area (TPSA) is 147 Å². The number of carbonyl (C=O) groups is 2. The average Bonchev–Trinajstić information content (AvgIpc) is 1.96. The van der Waals surface area contributed by atoms with Crippen LogP contribution in [0.25, 0.3) is 0 Å². The second-order valence-corrected chi connectivity index (χ2v) is 5.01. The van der Waals surface area contributed by atoms with Gasteiger partial charge in [-0.15, -0.1) is 0 Å². The summed E-state index contributed by atoms with van der Waals surface area (Å²) in [6, 6.07) is 0. The Labute approximate surface area is 156 Å². The van der Waals surface area contributed by atoms with E-state index in [1.165, 1.54) is 13.8 Å². The smallest absolute Gasteiger partial charge is 0.652 e. The number of hydrogen-bond acceptors (Lipinski definition) is 6. The molecular formula is C8H13NNa2O7S. The third-order valence-electron chi connectivity index (χ3n) is 1.19. The average molecular weight is 313 g/mol. The van der Waals surface area contributed by atoms with Gasteiger partial charge in [-0.2, -0.15) is 8.42 Å². The molecule has 0 atom stereocenters. The van der Waals surface area contributed by atoms with Crippen LogP contribution in [0.4, 0.5) is 4.79 Å². The van der Waals surface area contributed by atoms with Crippen LogP contribution in [0.1, 0.15) is 13.8 Å². The second-order valence-electron chi connectivity index (χ2n) is 3.55. The first-order valence-corrected chi connectivity index (χ1v) is 5.78. The second kappa shape index (κ2) is 12.2. The number of rotatable bonds is 4. The van der Waals surface area contributed by atoms with Crippen LogP contribution < -0.4 is 74.6 Å². The van der Waals surface area contributed by atoms with E-state index in [2.05, 4.69) is 11.9 Å². The maximum absolute atomic E-state index is 10.8. The summed E-state index contributed by atoms with van der Waals surface area (Å²) in [4.78, 5) is 19.1. The zero-order chi connectivity index (χ0) is 14.3. The van der Waals surface area contributed by atoms with Gasteiger partial charge >= 0.3 is 59.1 Å². The van der Waals surface area contributed by atoms with Gasteiger partial charge in [-0.1, -0.05) is 6.58 Å². The molecule has 11 heteroatoms. The molecule has 0 aliphatic heterocycles. The largest absolute Gasteiger partial charge is 1.00 e. The van der Waals surface area contributed by atoms with Crippen molar-refractivity contribution < 1.29 is 91.9 Å². The molecule has 100 valence electrons. The Morgan fingerprint density at radius 2 is 1.63 bits per heavy atom. The molecule has 1 amide bonds. The fourth-order valence-corrected chi connectivity index (χ4v) is 1.86. The van der Waals surface area contributed by atoms with Gasteiger partial charge in [0.25, 0.3) is 10.1 Å². The third kappa shape index (κ3) is 27.6. The minimum absolute atomic E-state index is 0. The van der Waals surface area contributed by atoms with Crippen molar-refractivity contribution in [2.24, 2.45) is 0 Å². The molecule has 0 aromatic rings. The monoisotopic (exact) mass is 313 g/mol. The summed E-state index contributed by atoms with van der Waals surface area (Å²) >= 11 is 0. The molecule has 0 heterocycles. The van der Waals surface area contributed by atoms with Crippen molar-refractivity contribution >= 4 is 22.2 Å². The molecule has 0 radical (unpaired) electrons. The zero-order valence-corrected chi connectivity index (χ0v) is 16.1. The van der Waals surface area contributed by atoms with Gasteiger partial charge in [0.15, 0.2) is 0 Å². The van der Waals surface area contributed by atoms with Crippen molar-refractivity contribution in [3.8, 4) is 0 Å². The van der Waals surface area contributed by atoms with Crippen LogP contribution in [-0.4, -0.2) is 36.3 Å². The number of hydrogen-bond donors (Lipinski definition) is 2. The number of carboxylic acid groups (broad SMARTS) is 2. The first-order valence-electron chi connectivity index (χ1n) is 4.17. The Morgan fingerprint density at radius 3 is 1.84 bits per heavy atom. The van der Waals surface area contributed by atoms with Crippen LogP contribution in [0.15, 0.2) is 12.7 Å². The van der Waals surface area contributed by atoms with Crippen LogP contribution in [0.2, 0.25) is 0 Å². The molecule has 0 aromatic heterocycles. The van der Waals surface area contributed by atoms with Gasteiger partial charge in [0.1, 0.15) is 0 Å². The van der Waals surface area contributed by atoms with E-state index >= 15 is 0 Å². The van der Waals surface area contributed by atoms with E-state index in [9.17, 15) is 13.2 Å². The molecule has 0 fully saturated rings. The Hall–Kier alpha value is 0.390. The number of carbonyl (C=O) groups excluding carboxylic acids is 2. The molecule has 2 N–H and O–H groups in total. The van der Waals surface area contributed by atoms with E-state index in [-0.39, 0.29) is 59.1 Å². The standard InChI is InChI=1S/C7H13NO4S.CH2O3.2Na/c1-4-6(9)8-7(2,3)5-13(10,11)12;2-1(3)4;;/h4H,1,5H2,2-3H3,(H,8,9)(H,10,11,12);(H2,2,3,4);;/q;;2*+1/p-2. The molecular weight excluding hydrogens is 300 g/mol. The first-order chi connectivity index (χ1) is 7.39. The minimum Gasteiger partial charge on any atom is -0.652 e. The van der Waals surface area contributed by atoms with Gasteiger partial charge in [0.05, 0.1) is 11.3 Å². The van der Waals surface area contributed by atoms with Crippen molar-refractivity contribution in [3.05, 3.63) is 12.7 Å². The zero-order valence-electron chi connectivity index (χ0n) is 11.3. The molecule has 0 saturated heterocycles. The van der Waals surface area contributed by atoms with Gasteiger partial charge < -0.3 is 20.3 Å². The molecule has 0 aromatic carbocycles. The predicted molar refractivity (Wildman–Crippen MR) is 54.2 cm³/mol. The molecule has 0 unspecified atom stereocenters. The van der Waals surface area contributed by atoms with Crippen LogP contribution in [0.5, 0.6) is 0 Å². The van der Waals surface area contributed by atoms with E-state index in [1.807, 2.05) is 0 Å². The Bertz CT molecular complexity index is 390. The van der Waals surface area contributed by atoms with E-state index in [0.29, 0.717) is 0 Å². The Morgan fingerprint density at radius 1 is 1.32 bits per heavy atom. The van der Waals surface area contributed by atoms with Gasteiger partial charge in [-0.05, 0) is 26.1 Å². The van der Waals surface area contributed by atoms with Gasteiger partial charge in [0.2, 0.25) is 5.91 Å². The molecule has 0 spiro atoms. The van der Waals surface area contributed by atoms with Gasteiger partial charge in [-0.3, -0.25) is 9.35 Å². The van der Waals surface area contributed by atoms with Crippen LogP contribution in [0, 0.1) is 0 Å². The van der Waals surface area contributed by atoms with Crippen LogP contribution >= 0.6 is 0 Å². The SMILES string of the molecule is C=CC(=O)NC(C)(C)CS(=O)(=O)O.O=C([O-])[O-].[Na+].[Na+]. The van der Waals surface area contributed by atoms with Crippen molar-refractivity contribution in [1.82, 2.24) is 5.32 Å². The number of nitrogens with one attached hydrogen (secondary N) is 1. The summed E-state index contributed by atoms with van der Waals surface area (Å²) in [5, 5.41) is 19.0. The van der Waals surface area contributed by atoms with Crippen LogP contribution in [-0.2, 0) is 14.9 Å². The third-order valence-corrected chi connectivity index (χ3v) is 2.28. The molecule has 0 aliphatic carbocycles. The van der Waals surface area contributed by atoms with Crippen molar-refractivity contribution in [3.63, 3.8) is 0 Å². The normalized spacial score (nSPS) is 9.63. The molecule has 19 heavy (non-hydrogen) atoms. The van der Waals surface area contributed by atoms with Crippen molar-refractivity contribution in [1.29, 1.82) is 0 Å². The minimum atomic E-state index is -4.08. The molecule has 0 bridgehead atoms. The molecule has 0 aliphatic rings. The predicted octanol–water partition coefficient (Wildman–Crippen LogP) is -8.48. The van der Waals surface area contributed by atoms with Gasteiger partial charge in [0, 0.05) is 0 Å². The van der Waals surface area contributed by atoms with E-state index in [0.717, 1.165) is 6.08 Å². The Kier molecular flexibility index (Phi) is 17.7. The van der Waals surface area contributed by atoms with Crippen molar-refractivity contribution in [2.75, 3.05) is 5.75 Å². The first kappa shape index (κ1) is 27.7. The van der Waals surface area contributed by atoms with E-state index in [1.54, 1.807) is 0 Å². The molecule has 8 nitrogen and oxygen atoms in total. The maximum atomic E-state index is 10.8. The Balaban J connectivity index is -0.000000165. The van der Waals surface area contributed by atoms with Crippen molar-refractivity contribution in [2.45, 2.75) is 19.4 Å². The summed E-state index contributed by atoms with van der Waals surface area (Å²) < 4.78 is 29.5. The van der Waals surface area contributed by atoms with Gasteiger partial charge in [-0.25, -0.2) is 0 Å². The maximum Gasteiger partial charge on any atom is 1.00 e. The van der Waals surface area contributed by atoms with E-state index < -0.39 is 33.5 Å². The fourth-order valence-electron chi connectivity index (χ4n) is 0.877. The quantitative estimate of drug-likeness (QED) is 0.297. The summed E-state index contributed by atoms with van der Waals surface area (Å²) in [6.07, 6.45) is -1.30. The summed E-state index contributed by atoms with van der Waals surface area (Å²) in [7, 11) is -4.08. The van der Waals surface area contributed by atoms with Crippen LogP contribution in [0.3, 0.4) is 0 Å². The molecule has 0 rings (SSSR count). The fraction of sp³-hybridized carbons (Fsp3) is 0.500. The summed E-state index contributed by atoms with van der Waals surface area (Å²) in [5.74, 6) is -1.01. The summed E-state index contributed by atoms with van der Waals surface area (Å²) in [5.41, 5.74) is -1.00. The number of amides is 1.